The lowest BCUT2D eigenvalue weighted by atomic mass is 10.2. The highest BCUT2D eigenvalue weighted by atomic mass is 127. The first kappa shape index (κ1) is 32.9. The molecule has 35 heavy (non-hydrogen) atoms. The fourth-order valence-corrected chi connectivity index (χ4v) is 3.53. The molecule has 3 aromatic rings. The zero-order valence-corrected chi connectivity index (χ0v) is 27.1. The van der Waals surface area contributed by atoms with Gasteiger partial charge in [-0.25, -0.2) is 0 Å². The Morgan fingerprint density at radius 2 is 1.09 bits per heavy atom. The van der Waals surface area contributed by atoms with E-state index in [0.29, 0.717) is 0 Å². The Morgan fingerprint density at radius 1 is 0.686 bits per heavy atom. The molecule has 0 bridgehead atoms. The van der Waals surface area contributed by atoms with Crippen molar-refractivity contribution in [3.8, 4) is 24.3 Å². The van der Waals surface area contributed by atoms with Gasteiger partial charge in [0.15, 0.2) is 0 Å². The molecule has 186 valence electrons. The van der Waals surface area contributed by atoms with Gasteiger partial charge in [-0.05, 0) is 81.6 Å². The van der Waals surface area contributed by atoms with Crippen LogP contribution in [0.5, 0.6) is 0 Å². The molecule has 0 atom stereocenters. The summed E-state index contributed by atoms with van der Waals surface area (Å²) in [6.45, 7) is 6.44. The van der Waals surface area contributed by atoms with Crippen molar-refractivity contribution in [3.63, 3.8) is 0 Å². The fraction of sp³-hybridized carbons (Fsp3) is 0.241. The molecule has 3 rings (SSSR count). The highest BCUT2D eigenvalue weighted by molar-refractivity contribution is 14.1. The number of rotatable bonds is 2. The molecule has 0 radical (unpaired) electrons. The van der Waals surface area contributed by atoms with E-state index in [1.165, 1.54) is 9.26 Å². The predicted molar refractivity (Wildman–Crippen MR) is 178 cm³/mol. The fourth-order valence-electron chi connectivity index (χ4n) is 2.28. The summed E-state index contributed by atoms with van der Waals surface area (Å²) in [6, 6.07) is 24.0. The van der Waals surface area contributed by atoms with Crippen LogP contribution < -0.4 is 15.5 Å². The van der Waals surface area contributed by atoms with Gasteiger partial charge in [0.25, 0.3) is 0 Å². The zero-order valence-electron chi connectivity index (χ0n) is 21.8. The lowest BCUT2D eigenvalue weighted by Gasteiger charge is -2.13. The number of terminal acetylenes is 2. The van der Waals surface area contributed by atoms with E-state index in [-0.39, 0.29) is 0 Å². The Bertz CT molecular complexity index is 1090. The SMILES string of the molecule is C#C[Si](C)(C)C.C#Cc1ccccc1N(C)C.CN(C)c1ccccc1I.Nc1ccccc1I. The van der Waals surface area contributed by atoms with E-state index in [1.807, 2.05) is 67.5 Å². The average molecular weight is 710 g/mol. The first-order chi connectivity index (χ1) is 16.3. The molecule has 0 heterocycles. The molecule has 0 saturated carbocycles. The van der Waals surface area contributed by atoms with Crippen molar-refractivity contribution in [2.75, 3.05) is 43.7 Å². The van der Waals surface area contributed by atoms with Crippen LogP contribution in [-0.2, 0) is 0 Å². The van der Waals surface area contributed by atoms with Crippen LogP contribution >= 0.6 is 45.2 Å². The molecule has 6 heteroatoms. The summed E-state index contributed by atoms with van der Waals surface area (Å²) in [5, 5.41) is 0. The van der Waals surface area contributed by atoms with E-state index in [0.717, 1.165) is 20.5 Å². The Morgan fingerprint density at radius 3 is 1.37 bits per heavy atom. The third-order valence-electron chi connectivity index (χ3n) is 4.21. The second-order valence-corrected chi connectivity index (χ2v) is 15.9. The molecule has 0 aliphatic rings. The summed E-state index contributed by atoms with van der Waals surface area (Å²) in [5.41, 5.74) is 12.4. The first-order valence-electron chi connectivity index (χ1n) is 11.0. The molecular formula is C29H37I2N3Si. The van der Waals surface area contributed by atoms with Crippen molar-refractivity contribution in [2.45, 2.75) is 19.6 Å². The maximum atomic E-state index is 5.51. The first-order valence-corrected chi connectivity index (χ1v) is 16.6. The minimum atomic E-state index is -1.10. The van der Waals surface area contributed by atoms with Gasteiger partial charge in [0.05, 0.1) is 5.69 Å². The van der Waals surface area contributed by atoms with E-state index < -0.39 is 8.07 Å². The minimum absolute atomic E-state index is 0.855. The van der Waals surface area contributed by atoms with Crippen LogP contribution in [0, 0.1) is 31.5 Å². The summed E-state index contributed by atoms with van der Waals surface area (Å²) in [6.07, 6.45) is 10.4. The van der Waals surface area contributed by atoms with Crippen molar-refractivity contribution in [3.05, 3.63) is 85.5 Å². The van der Waals surface area contributed by atoms with Crippen LogP contribution in [0.1, 0.15) is 5.56 Å². The highest BCUT2D eigenvalue weighted by Gasteiger charge is 2.05. The summed E-state index contributed by atoms with van der Waals surface area (Å²) >= 11 is 4.53. The number of nitrogen functional groups attached to an aromatic ring is 1. The number of nitrogens with two attached hydrogens (primary N) is 1. The van der Waals surface area contributed by atoms with Crippen LogP contribution in [0.25, 0.3) is 0 Å². The second-order valence-electron chi connectivity index (χ2n) is 8.82. The third-order valence-corrected chi connectivity index (χ3v) is 6.97. The Labute approximate surface area is 241 Å². The Hall–Kier alpha value is -2.14. The number of para-hydroxylation sites is 3. The molecule has 0 aliphatic heterocycles. The highest BCUT2D eigenvalue weighted by Crippen LogP contribution is 2.19. The van der Waals surface area contributed by atoms with Crippen LogP contribution in [0.15, 0.2) is 72.8 Å². The maximum Gasteiger partial charge on any atom is 0.128 e. The van der Waals surface area contributed by atoms with Crippen LogP contribution in [0.2, 0.25) is 19.6 Å². The number of nitrogens with zero attached hydrogens (tertiary/aromatic N) is 2. The molecular weight excluding hydrogens is 672 g/mol. The molecule has 0 amide bonds. The number of benzene rings is 3. The smallest absolute Gasteiger partial charge is 0.128 e. The number of halogens is 2. The summed E-state index contributed by atoms with van der Waals surface area (Å²) < 4.78 is 2.41. The predicted octanol–water partition coefficient (Wildman–Crippen LogP) is 7.46. The zero-order chi connectivity index (χ0) is 27.0. The molecule has 2 N–H and O–H groups in total. The van der Waals surface area contributed by atoms with E-state index in [9.17, 15) is 0 Å². The minimum Gasteiger partial charge on any atom is -0.398 e. The van der Waals surface area contributed by atoms with Gasteiger partial charge < -0.3 is 15.5 Å². The van der Waals surface area contributed by atoms with E-state index in [1.54, 1.807) is 0 Å². The van der Waals surface area contributed by atoms with Crippen molar-refractivity contribution >= 4 is 70.3 Å². The monoisotopic (exact) mass is 709 g/mol. The van der Waals surface area contributed by atoms with Gasteiger partial charge in [0.2, 0.25) is 0 Å². The van der Waals surface area contributed by atoms with E-state index >= 15 is 0 Å². The largest absolute Gasteiger partial charge is 0.398 e. The molecule has 0 aliphatic carbocycles. The van der Waals surface area contributed by atoms with Crippen molar-refractivity contribution in [2.24, 2.45) is 0 Å². The van der Waals surface area contributed by atoms with Crippen LogP contribution in [0.3, 0.4) is 0 Å². The lowest BCUT2D eigenvalue weighted by Crippen LogP contribution is -2.15. The molecule has 3 aromatic carbocycles. The Balaban J connectivity index is 0.000000451. The van der Waals surface area contributed by atoms with Gasteiger partial charge in [0.1, 0.15) is 8.07 Å². The molecule has 0 fully saturated rings. The van der Waals surface area contributed by atoms with Crippen molar-refractivity contribution < 1.29 is 0 Å². The number of hydrogen-bond donors (Lipinski definition) is 1. The Kier molecular flexibility index (Phi) is 16.3. The maximum absolute atomic E-state index is 5.51. The van der Waals surface area contributed by atoms with Gasteiger partial charge in [-0.1, -0.05) is 62.0 Å². The van der Waals surface area contributed by atoms with Gasteiger partial charge >= 0.3 is 0 Å². The molecule has 0 aromatic heterocycles. The van der Waals surface area contributed by atoms with Gasteiger partial charge in [-0.3, -0.25) is 0 Å². The quantitative estimate of drug-likeness (QED) is 0.130. The van der Waals surface area contributed by atoms with Crippen LogP contribution in [0.4, 0.5) is 17.1 Å². The molecule has 0 unspecified atom stereocenters. The van der Waals surface area contributed by atoms with E-state index in [2.05, 4.69) is 120 Å². The van der Waals surface area contributed by atoms with Gasteiger partial charge in [0, 0.05) is 52.3 Å². The van der Waals surface area contributed by atoms with Gasteiger partial charge in [-0.15, -0.1) is 18.4 Å². The molecule has 3 nitrogen and oxygen atoms in total. The summed E-state index contributed by atoms with van der Waals surface area (Å²) in [7, 11) is 6.97. The summed E-state index contributed by atoms with van der Waals surface area (Å²) in [4.78, 5) is 4.12. The topological polar surface area (TPSA) is 32.5 Å². The van der Waals surface area contributed by atoms with Gasteiger partial charge in [-0.2, -0.15) is 0 Å². The van der Waals surface area contributed by atoms with Crippen molar-refractivity contribution in [1.29, 1.82) is 0 Å². The van der Waals surface area contributed by atoms with Crippen molar-refractivity contribution in [1.82, 2.24) is 0 Å². The standard InChI is InChI=1S/C10H11N.C8H10IN.C6H6IN.C5H10Si/c1-4-9-7-5-6-8-10(9)11(2)3;1-10(2)8-6-4-3-5-7(8)9;7-5-3-1-2-4-6(5)8;1-5-6(2,3)4/h1,5-8H,2-3H3;3-6H,1-2H3;1-4H,8H2;1H,2-4H3. The number of hydrogen-bond acceptors (Lipinski definition) is 3. The average Bonchev–Trinajstić information content (AvgIpc) is 2.82. The molecule has 0 spiro atoms. The normalized spacial score (nSPS) is 9.34. The number of anilines is 3. The molecule has 0 saturated heterocycles. The lowest BCUT2D eigenvalue weighted by molar-refractivity contribution is 1.12. The summed E-state index contributed by atoms with van der Waals surface area (Å²) in [5.74, 6) is 2.64. The van der Waals surface area contributed by atoms with E-state index in [4.69, 9.17) is 18.6 Å². The van der Waals surface area contributed by atoms with Crippen LogP contribution in [-0.4, -0.2) is 36.3 Å². The third kappa shape index (κ3) is 14.8. The second kappa shape index (κ2) is 17.3.